The first-order valence-corrected chi connectivity index (χ1v) is 8.83. The van der Waals surface area contributed by atoms with Crippen molar-refractivity contribution >= 4 is 21.3 Å². The highest BCUT2D eigenvalue weighted by Crippen LogP contribution is 2.31. The van der Waals surface area contributed by atoms with E-state index in [1.54, 1.807) is 12.1 Å². The highest BCUT2D eigenvalue weighted by Gasteiger charge is 2.32. The quantitative estimate of drug-likeness (QED) is 0.686. The number of carbonyl (C=O) groups is 1. The van der Waals surface area contributed by atoms with Gasteiger partial charge in [0.1, 0.15) is 9.84 Å². The van der Waals surface area contributed by atoms with Gasteiger partial charge in [-0.3, -0.25) is 4.79 Å². The van der Waals surface area contributed by atoms with Gasteiger partial charge in [0.2, 0.25) is 0 Å². The van der Waals surface area contributed by atoms with Crippen molar-refractivity contribution in [2.75, 3.05) is 12.0 Å². The Morgan fingerprint density at radius 3 is 2.60 bits per heavy atom. The first kappa shape index (κ1) is 15.0. The third kappa shape index (κ3) is 3.20. The molecule has 2 N–H and O–H groups in total. The molecule has 5 heteroatoms. The maximum atomic E-state index is 12.5. The molecular weight excluding hydrogens is 274 g/mol. The molecule has 2 unspecified atom stereocenters. The molecule has 0 aromatic heterocycles. The Hall–Kier alpha value is -1.36. The maximum Gasteiger partial charge on any atom is 0.166 e. The number of Topliss-reactive ketones (excluding diaryl/α,β-unsaturated/α-hetero) is 1. The minimum Gasteiger partial charge on any atom is -0.398 e. The predicted octanol–water partition coefficient (Wildman–Crippen LogP) is 2.36. The molecule has 0 aliphatic heterocycles. The Labute approximate surface area is 120 Å². The van der Waals surface area contributed by atoms with E-state index in [1.807, 2.05) is 13.0 Å². The van der Waals surface area contributed by atoms with Crippen molar-refractivity contribution < 1.29 is 13.2 Å². The highest BCUT2D eigenvalue weighted by molar-refractivity contribution is 7.91. The van der Waals surface area contributed by atoms with Crippen LogP contribution in [-0.4, -0.2) is 25.7 Å². The number of nitrogens with two attached hydrogens (primary N) is 1. The summed E-state index contributed by atoms with van der Waals surface area (Å²) in [6.07, 6.45) is 3.91. The monoisotopic (exact) mass is 295 g/mol. The second-order valence-electron chi connectivity index (χ2n) is 5.75. The molecule has 0 amide bonds. The summed E-state index contributed by atoms with van der Waals surface area (Å²) in [5.74, 6) is -0.185. The van der Waals surface area contributed by atoms with Gasteiger partial charge in [0.25, 0.3) is 0 Å². The molecule has 1 aliphatic rings. The summed E-state index contributed by atoms with van der Waals surface area (Å²) in [4.78, 5) is 12.5. The third-order valence-electron chi connectivity index (χ3n) is 4.17. The molecule has 20 heavy (non-hydrogen) atoms. The lowest BCUT2D eigenvalue weighted by atomic mass is 9.83. The molecule has 0 saturated heterocycles. The Morgan fingerprint density at radius 1 is 1.30 bits per heavy atom. The van der Waals surface area contributed by atoms with Crippen LogP contribution >= 0.6 is 0 Å². The predicted molar refractivity (Wildman–Crippen MR) is 80.5 cm³/mol. The van der Waals surface area contributed by atoms with E-state index in [1.165, 1.54) is 6.26 Å². The van der Waals surface area contributed by atoms with Crippen LogP contribution in [0.2, 0.25) is 0 Å². The van der Waals surface area contributed by atoms with Gasteiger partial charge in [-0.2, -0.15) is 0 Å². The number of carbonyl (C=O) groups excluding carboxylic acids is 1. The normalized spacial score (nSPS) is 23.5. The summed E-state index contributed by atoms with van der Waals surface area (Å²) < 4.78 is 23.3. The van der Waals surface area contributed by atoms with Crippen molar-refractivity contribution in [1.82, 2.24) is 0 Å². The van der Waals surface area contributed by atoms with Crippen molar-refractivity contribution in [3.8, 4) is 0 Å². The Morgan fingerprint density at radius 2 is 2.00 bits per heavy atom. The van der Waals surface area contributed by atoms with Gasteiger partial charge in [-0.1, -0.05) is 18.6 Å². The number of aryl methyl sites for hydroxylation is 1. The maximum absolute atomic E-state index is 12.5. The van der Waals surface area contributed by atoms with Gasteiger partial charge in [0.05, 0.1) is 5.25 Å². The van der Waals surface area contributed by atoms with E-state index < -0.39 is 9.84 Å². The van der Waals surface area contributed by atoms with Crippen LogP contribution < -0.4 is 5.73 Å². The molecule has 1 aromatic rings. The molecule has 110 valence electrons. The number of hydrogen-bond acceptors (Lipinski definition) is 4. The fourth-order valence-electron chi connectivity index (χ4n) is 2.80. The van der Waals surface area contributed by atoms with Crippen LogP contribution in [0.3, 0.4) is 0 Å². The molecule has 1 fully saturated rings. The average molecular weight is 295 g/mol. The molecule has 0 bridgehead atoms. The van der Waals surface area contributed by atoms with E-state index >= 15 is 0 Å². The number of anilines is 1. The summed E-state index contributed by atoms with van der Waals surface area (Å²) in [7, 11) is -3.07. The molecule has 1 saturated carbocycles. The zero-order valence-corrected chi connectivity index (χ0v) is 12.7. The van der Waals surface area contributed by atoms with Gasteiger partial charge in [-0.25, -0.2) is 8.42 Å². The van der Waals surface area contributed by atoms with Gasteiger partial charge in [0.15, 0.2) is 5.78 Å². The van der Waals surface area contributed by atoms with Crippen LogP contribution in [0.5, 0.6) is 0 Å². The van der Waals surface area contributed by atoms with Gasteiger partial charge < -0.3 is 5.73 Å². The lowest BCUT2D eigenvalue weighted by Crippen LogP contribution is -2.31. The molecule has 0 spiro atoms. The summed E-state index contributed by atoms with van der Waals surface area (Å²) in [5.41, 5.74) is 7.97. The van der Waals surface area contributed by atoms with Crippen molar-refractivity contribution in [2.24, 2.45) is 5.92 Å². The minimum atomic E-state index is -3.07. The van der Waals surface area contributed by atoms with Crippen LogP contribution in [0.25, 0.3) is 0 Å². The van der Waals surface area contributed by atoms with E-state index in [-0.39, 0.29) is 17.0 Å². The van der Waals surface area contributed by atoms with E-state index in [0.29, 0.717) is 24.1 Å². The van der Waals surface area contributed by atoms with Crippen LogP contribution in [0, 0.1) is 12.8 Å². The van der Waals surface area contributed by atoms with Gasteiger partial charge in [0, 0.05) is 23.4 Å². The zero-order valence-electron chi connectivity index (χ0n) is 11.9. The minimum absolute atomic E-state index is 0.0186. The number of ketones is 1. The van der Waals surface area contributed by atoms with Crippen LogP contribution in [0.15, 0.2) is 18.2 Å². The summed E-state index contributed by atoms with van der Waals surface area (Å²) in [6.45, 7) is 1.89. The number of nitrogen functional groups attached to an aromatic ring is 1. The fraction of sp³-hybridized carbons (Fsp3) is 0.533. The first-order chi connectivity index (χ1) is 9.29. The number of sulfone groups is 1. The molecule has 0 radical (unpaired) electrons. The summed E-state index contributed by atoms with van der Waals surface area (Å²) in [6, 6.07) is 5.30. The lowest BCUT2D eigenvalue weighted by Gasteiger charge is -2.27. The van der Waals surface area contributed by atoms with Crippen molar-refractivity contribution in [3.63, 3.8) is 0 Å². The van der Waals surface area contributed by atoms with Gasteiger partial charge >= 0.3 is 0 Å². The van der Waals surface area contributed by atoms with Gasteiger partial charge in [-0.15, -0.1) is 0 Å². The molecule has 1 aliphatic carbocycles. The number of benzene rings is 1. The first-order valence-electron chi connectivity index (χ1n) is 6.88. The lowest BCUT2D eigenvalue weighted by molar-refractivity contribution is 0.0891. The van der Waals surface area contributed by atoms with E-state index in [2.05, 4.69) is 0 Å². The smallest absolute Gasteiger partial charge is 0.166 e. The van der Waals surface area contributed by atoms with E-state index in [4.69, 9.17) is 5.73 Å². The van der Waals surface area contributed by atoms with Crippen LogP contribution in [0.4, 0.5) is 5.69 Å². The van der Waals surface area contributed by atoms with E-state index in [0.717, 1.165) is 18.4 Å². The number of rotatable bonds is 3. The van der Waals surface area contributed by atoms with Crippen molar-refractivity contribution in [2.45, 2.75) is 37.9 Å². The summed E-state index contributed by atoms with van der Waals surface area (Å²) >= 11 is 0. The Kier molecular flexibility index (Phi) is 4.18. The standard InChI is InChI=1S/C15H21NO3S/c1-10-6-7-12(9-14(10)16)15(17)11-4-3-5-13(8-11)20(2,18)19/h6-7,9,11,13H,3-5,8,16H2,1-2H3. The molecular formula is C15H21NO3S. The second-order valence-corrected chi connectivity index (χ2v) is 8.08. The SMILES string of the molecule is Cc1ccc(C(=O)C2CCCC(S(C)(=O)=O)C2)cc1N. The van der Waals surface area contributed by atoms with Crippen LogP contribution in [-0.2, 0) is 9.84 Å². The molecule has 2 atom stereocenters. The number of hydrogen-bond donors (Lipinski definition) is 1. The van der Waals surface area contributed by atoms with Crippen molar-refractivity contribution in [1.29, 1.82) is 0 Å². The molecule has 1 aromatic carbocycles. The largest absolute Gasteiger partial charge is 0.398 e. The average Bonchev–Trinajstić information content (AvgIpc) is 2.40. The van der Waals surface area contributed by atoms with Crippen molar-refractivity contribution in [3.05, 3.63) is 29.3 Å². The Bertz CT molecular complexity index is 622. The molecule has 4 nitrogen and oxygen atoms in total. The van der Waals surface area contributed by atoms with E-state index in [9.17, 15) is 13.2 Å². The summed E-state index contributed by atoms with van der Waals surface area (Å²) in [5, 5.41) is -0.381. The third-order valence-corrected chi connectivity index (χ3v) is 5.81. The molecule has 2 rings (SSSR count). The topological polar surface area (TPSA) is 77.2 Å². The zero-order chi connectivity index (χ0) is 14.9. The Balaban J connectivity index is 2.18. The highest BCUT2D eigenvalue weighted by atomic mass is 32.2. The fourth-order valence-corrected chi connectivity index (χ4v) is 3.98. The molecule has 0 heterocycles. The second kappa shape index (κ2) is 5.56. The van der Waals surface area contributed by atoms with Crippen LogP contribution in [0.1, 0.15) is 41.6 Å². The van der Waals surface area contributed by atoms with Gasteiger partial charge in [-0.05, 0) is 37.8 Å².